The molecule has 58 valence electrons. The molecule has 0 amide bonds. The van der Waals surface area contributed by atoms with Crippen LogP contribution in [-0.2, 0) is 0 Å². The lowest BCUT2D eigenvalue weighted by molar-refractivity contribution is 0.385. The highest BCUT2D eigenvalue weighted by molar-refractivity contribution is 4.99. The van der Waals surface area contributed by atoms with Crippen LogP contribution in [-0.4, -0.2) is 6.54 Å². The fraction of sp³-hybridized carbons (Fsp3) is 0.556. The molecule has 1 nitrogen and oxygen atoms in total. The summed E-state index contributed by atoms with van der Waals surface area (Å²) in [6.07, 6.45) is 6.86. The van der Waals surface area contributed by atoms with Crippen molar-refractivity contribution in [2.24, 2.45) is 11.1 Å². The van der Waals surface area contributed by atoms with Crippen LogP contribution in [0.5, 0.6) is 0 Å². The van der Waals surface area contributed by atoms with Crippen molar-refractivity contribution in [1.29, 1.82) is 0 Å². The Kier molecular flexibility index (Phi) is 4.05. The van der Waals surface area contributed by atoms with E-state index in [-0.39, 0.29) is 5.41 Å². The Morgan fingerprint density at radius 3 is 2.50 bits per heavy atom. The molecule has 0 spiro atoms. The molecule has 10 heavy (non-hydrogen) atoms. The lowest BCUT2D eigenvalue weighted by Crippen LogP contribution is -2.22. The molecule has 0 saturated carbocycles. The minimum atomic E-state index is 0.236. The molecular formula is C9H17N. The highest BCUT2D eigenvalue weighted by Gasteiger charge is 2.11. The molecule has 0 radical (unpaired) electrons. The summed E-state index contributed by atoms with van der Waals surface area (Å²) in [5.41, 5.74) is 5.76. The third-order valence-corrected chi connectivity index (χ3v) is 1.50. The Morgan fingerprint density at radius 2 is 2.10 bits per heavy atom. The third-order valence-electron chi connectivity index (χ3n) is 1.50. The van der Waals surface area contributed by atoms with Gasteiger partial charge in [0.05, 0.1) is 0 Å². The fourth-order valence-corrected chi connectivity index (χ4v) is 0.567. The number of rotatable bonds is 4. The van der Waals surface area contributed by atoms with Gasteiger partial charge in [0.15, 0.2) is 0 Å². The summed E-state index contributed by atoms with van der Waals surface area (Å²) >= 11 is 0. The molecule has 0 fully saturated rings. The van der Waals surface area contributed by atoms with Crippen molar-refractivity contribution in [3.63, 3.8) is 0 Å². The molecule has 0 aliphatic rings. The van der Waals surface area contributed by atoms with Crippen LogP contribution in [0.15, 0.2) is 24.8 Å². The smallest absolute Gasteiger partial charge is 0.00229 e. The fourth-order valence-electron chi connectivity index (χ4n) is 0.567. The van der Waals surface area contributed by atoms with Crippen molar-refractivity contribution in [3.8, 4) is 0 Å². The van der Waals surface area contributed by atoms with Crippen LogP contribution in [0.2, 0.25) is 0 Å². The average molecular weight is 139 g/mol. The zero-order valence-electron chi connectivity index (χ0n) is 6.93. The first-order valence-corrected chi connectivity index (χ1v) is 3.60. The van der Waals surface area contributed by atoms with Crippen LogP contribution in [0.1, 0.15) is 20.3 Å². The highest BCUT2D eigenvalue weighted by Crippen LogP contribution is 2.18. The lowest BCUT2D eigenvalue weighted by atomic mass is 9.89. The number of allylic oxidation sites excluding steroid dienone is 3. The Balaban J connectivity index is 3.66. The van der Waals surface area contributed by atoms with Crippen LogP contribution in [0.3, 0.4) is 0 Å². The van der Waals surface area contributed by atoms with Crippen LogP contribution in [0, 0.1) is 5.41 Å². The number of hydrogen-bond acceptors (Lipinski definition) is 1. The average Bonchev–Trinajstić information content (AvgIpc) is 1.89. The standard InChI is InChI=1S/C9H17N/c1-4-5-6-7-9(2,3)8-10/h4-6H,1,7-8,10H2,2-3H3/b6-5+. The van der Waals surface area contributed by atoms with E-state index in [2.05, 4.69) is 26.5 Å². The van der Waals surface area contributed by atoms with Gasteiger partial charge in [-0.15, -0.1) is 0 Å². The van der Waals surface area contributed by atoms with Gasteiger partial charge < -0.3 is 5.73 Å². The van der Waals surface area contributed by atoms with E-state index in [1.165, 1.54) is 0 Å². The van der Waals surface area contributed by atoms with Gasteiger partial charge in [-0.2, -0.15) is 0 Å². The topological polar surface area (TPSA) is 26.0 Å². The maximum atomic E-state index is 5.53. The van der Waals surface area contributed by atoms with Gasteiger partial charge in [-0.3, -0.25) is 0 Å². The summed E-state index contributed by atoms with van der Waals surface area (Å²) in [6.45, 7) is 8.63. The zero-order chi connectivity index (χ0) is 8.04. The molecule has 0 aromatic rings. The van der Waals surface area contributed by atoms with E-state index in [0.29, 0.717) is 0 Å². The number of hydrogen-bond donors (Lipinski definition) is 1. The first-order chi connectivity index (χ1) is 4.62. The molecule has 0 unspecified atom stereocenters. The second-order valence-electron chi connectivity index (χ2n) is 3.24. The maximum Gasteiger partial charge on any atom is -0.00229 e. The zero-order valence-corrected chi connectivity index (χ0v) is 6.93. The van der Waals surface area contributed by atoms with E-state index in [4.69, 9.17) is 5.73 Å². The van der Waals surface area contributed by atoms with Crippen LogP contribution in [0.25, 0.3) is 0 Å². The summed E-state index contributed by atoms with van der Waals surface area (Å²) in [5, 5.41) is 0. The minimum Gasteiger partial charge on any atom is -0.330 e. The molecular weight excluding hydrogens is 122 g/mol. The Hall–Kier alpha value is -0.560. The Bertz CT molecular complexity index is 123. The van der Waals surface area contributed by atoms with Crippen molar-refractivity contribution >= 4 is 0 Å². The van der Waals surface area contributed by atoms with E-state index in [0.717, 1.165) is 13.0 Å². The van der Waals surface area contributed by atoms with E-state index in [1.807, 2.05) is 6.08 Å². The highest BCUT2D eigenvalue weighted by atomic mass is 14.6. The summed E-state index contributed by atoms with van der Waals surface area (Å²) < 4.78 is 0. The molecule has 0 atom stereocenters. The predicted octanol–water partition coefficient (Wildman–Crippen LogP) is 2.10. The Labute approximate surface area is 63.6 Å². The lowest BCUT2D eigenvalue weighted by Gasteiger charge is -2.19. The second kappa shape index (κ2) is 4.29. The third kappa shape index (κ3) is 4.33. The summed E-state index contributed by atoms with van der Waals surface area (Å²) in [5.74, 6) is 0. The normalized spacial score (nSPS) is 12.3. The van der Waals surface area contributed by atoms with Gasteiger partial charge in [0.2, 0.25) is 0 Å². The first kappa shape index (κ1) is 9.44. The van der Waals surface area contributed by atoms with Crippen LogP contribution < -0.4 is 5.73 Å². The second-order valence-corrected chi connectivity index (χ2v) is 3.24. The SMILES string of the molecule is C=C/C=C/CC(C)(C)CN. The molecule has 0 aliphatic carbocycles. The summed E-state index contributed by atoms with van der Waals surface area (Å²) in [4.78, 5) is 0. The molecule has 0 aromatic heterocycles. The first-order valence-electron chi connectivity index (χ1n) is 3.60. The monoisotopic (exact) mass is 139 g/mol. The quantitative estimate of drug-likeness (QED) is 0.593. The summed E-state index contributed by atoms with van der Waals surface area (Å²) in [6, 6.07) is 0. The van der Waals surface area contributed by atoms with Gasteiger partial charge in [0.25, 0.3) is 0 Å². The molecule has 0 saturated heterocycles. The van der Waals surface area contributed by atoms with E-state index >= 15 is 0 Å². The molecule has 0 aromatic carbocycles. The van der Waals surface area contributed by atoms with Crippen molar-refractivity contribution < 1.29 is 0 Å². The molecule has 0 aliphatic heterocycles. The molecule has 2 N–H and O–H groups in total. The van der Waals surface area contributed by atoms with Gasteiger partial charge >= 0.3 is 0 Å². The largest absolute Gasteiger partial charge is 0.330 e. The van der Waals surface area contributed by atoms with E-state index in [1.54, 1.807) is 6.08 Å². The van der Waals surface area contributed by atoms with Gasteiger partial charge in [-0.1, -0.05) is 38.7 Å². The molecule has 0 bridgehead atoms. The van der Waals surface area contributed by atoms with Gasteiger partial charge in [-0.05, 0) is 18.4 Å². The van der Waals surface area contributed by atoms with Gasteiger partial charge in [0, 0.05) is 0 Å². The van der Waals surface area contributed by atoms with E-state index in [9.17, 15) is 0 Å². The number of nitrogens with two attached hydrogens (primary N) is 1. The van der Waals surface area contributed by atoms with Gasteiger partial charge in [0.1, 0.15) is 0 Å². The molecule has 0 heterocycles. The van der Waals surface area contributed by atoms with Crippen molar-refractivity contribution in [1.82, 2.24) is 0 Å². The van der Waals surface area contributed by atoms with Crippen molar-refractivity contribution in [3.05, 3.63) is 24.8 Å². The Morgan fingerprint density at radius 1 is 1.50 bits per heavy atom. The van der Waals surface area contributed by atoms with Gasteiger partial charge in [-0.25, -0.2) is 0 Å². The van der Waals surface area contributed by atoms with Crippen LogP contribution in [0.4, 0.5) is 0 Å². The van der Waals surface area contributed by atoms with E-state index < -0.39 is 0 Å². The molecule has 1 heteroatoms. The molecule has 0 rings (SSSR count). The van der Waals surface area contributed by atoms with Crippen molar-refractivity contribution in [2.75, 3.05) is 6.54 Å². The summed E-state index contributed by atoms with van der Waals surface area (Å²) in [7, 11) is 0. The maximum absolute atomic E-state index is 5.53. The van der Waals surface area contributed by atoms with Crippen LogP contribution >= 0.6 is 0 Å². The van der Waals surface area contributed by atoms with Crippen molar-refractivity contribution in [2.45, 2.75) is 20.3 Å². The predicted molar refractivity (Wildman–Crippen MR) is 46.8 cm³/mol. The minimum absolute atomic E-state index is 0.236.